The van der Waals surface area contributed by atoms with Crippen LogP contribution in [0.15, 0.2) is 36.5 Å². The first-order valence-electron chi connectivity index (χ1n) is 9.10. The molecule has 3 aromatic rings. The van der Waals surface area contributed by atoms with Crippen LogP contribution in [0.2, 0.25) is 4.34 Å². The van der Waals surface area contributed by atoms with Crippen molar-refractivity contribution in [2.45, 2.75) is 31.8 Å². The van der Waals surface area contributed by atoms with Gasteiger partial charge in [-0.05, 0) is 51.1 Å². The molecule has 2 aromatic heterocycles. The third-order valence-corrected chi connectivity index (χ3v) is 6.54. The number of hydrogen-bond acceptors (Lipinski definition) is 4. The molecular weight excluding hydrogens is 382 g/mol. The number of aromatic nitrogens is 1. The van der Waals surface area contributed by atoms with Gasteiger partial charge in [0.2, 0.25) is 5.88 Å². The van der Waals surface area contributed by atoms with Crippen LogP contribution in [0.4, 0.5) is 5.69 Å². The molecule has 1 aliphatic heterocycles. The molecule has 27 heavy (non-hydrogen) atoms. The second-order valence-electron chi connectivity index (χ2n) is 7.04. The Bertz CT molecular complexity index is 981. The fraction of sp³-hybridized carbons (Fsp3) is 0.350. The minimum Gasteiger partial charge on any atom is -0.494 e. The average molecular weight is 404 g/mol. The van der Waals surface area contributed by atoms with Gasteiger partial charge in [0, 0.05) is 24.2 Å². The molecule has 0 aliphatic carbocycles. The topological polar surface area (TPSA) is 57.5 Å². The number of likely N-dealkylation sites (tertiary alicyclic amines) is 1. The summed E-state index contributed by atoms with van der Waals surface area (Å²) in [7, 11) is 2.16. The summed E-state index contributed by atoms with van der Waals surface area (Å²) >= 11 is 7.15. The van der Waals surface area contributed by atoms with E-state index in [1.807, 2.05) is 29.0 Å². The molecule has 1 fully saturated rings. The van der Waals surface area contributed by atoms with Crippen molar-refractivity contribution in [1.82, 2.24) is 9.47 Å². The van der Waals surface area contributed by atoms with Crippen LogP contribution in [0.25, 0.3) is 10.8 Å². The summed E-state index contributed by atoms with van der Waals surface area (Å²) in [5.74, 6) is -0.0232. The van der Waals surface area contributed by atoms with Crippen molar-refractivity contribution in [3.05, 3.63) is 45.7 Å². The van der Waals surface area contributed by atoms with E-state index in [0.717, 1.165) is 24.9 Å². The van der Waals surface area contributed by atoms with Crippen molar-refractivity contribution >= 4 is 45.3 Å². The Hall–Kier alpha value is -2.02. The van der Waals surface area contributed by atoms with Gasteiger partial charge in [-0.15, -0.1) is 11.3 Å². The standard InChI is InChI=1S/C20H22ClN3O2S/c1-23-10-3-5-14(23)9-11-24-12-13-4-2-6-15(18(13)20(24)26)22-19(25)16-7-8-17(21)27-16/h2,4,6-8,12,14,26H,3,5,9-11H2,1H3,(H,22,25). The Morgan fingerprint density at radius 1 is 1.37 bits per heavy atom. The fourth-order valence-electron chi connectivity index (χ4n) is 3.83. The number of rotatable bonds is 5. The van der Waals surface area contributed by atoms with Gasteiger partial charge in [-0.2, -0.15) is 0 Å². The molecule has 1 atom stereocenters. The lowest BCUT2D eigenvalue weighted by atomic mass is 10.1. The Morgan fingerprint density at radius 2 is 2.22 bits per heavy atom. The molecule has 142 valence electrons. The number of carbonyl (C=O) groups excluding carboxylic acids is 1. The average Bonchev–Trinajstić information content (AvgIpc) is 3.33. The van der Waals surface area contributed by atoms with E-state index >= 15 is 0 Å². The van der Waals surface area contributed by atoms with Crippen LogP contribution in [0.3, 0.4) is 0 Å². The SMILES string of the molecule is CN1CCCC1CCn1cc2cccc(NC(=O)c3ccc(Cl)s3)c2c1O. The fourth-order valence-corrected chi connectivity index (χ4v) is 4.77. The lowest BCUT2D eigenvalue weighted by Crippen LogP contribution is -2.25. The number of hydrogen-bond donors (Lipinski definition) is 2. The van der Waals surface area contributed by atoms with E-state index in [1.165, 1.54) is 24.2 Å². The van der Waals surface area contributed by atoms with Gasteiger partial charge in [0.05, 0.1) is 20.3 Å². The van der Waals surface area contributed by atoms with Crippen molar-refractivity contribution in [2.24, 2.45) is 0 Å². The number of fused-ring (bicyclic) bond motifs is 1. The highest BCUT2D eigenvalue weighted by Crippen LogP contribution is 2.35. The van der Waals surface area contributed by atoms with Crippen molar-refractivity contribution in [2.75, 3.05) is 18.9 Å². The summed E-state index contributed by atoms with van der Waals surface area (Å²) in [6, 6.07) is 9.61. The molecule has 3 heterocycles. The number of anilines is 1. The van der Waals surface area contributed by atoms with Crippen molar-refractivity contribution in [3.8, 4) is 5.88 Å². The van der Waals surface area contributed by atoms with Gasteiger partial charge >= 0.3 is 0 Å². The third kappa shape index (κ3) is 3.70. The lowest BCUT2D eigenvalue weighted by Gasteiger charge is -2.19. The Morgan fingerprint density at radius 3 is 2.93 bits per heavy atom. The molecule has 0 spiro atoms. The number of nitrogens with one attached hydrogen (secondary N) is 1. The van der Waals surface area contributed by atoms with Crippen LogP contribution >= 0.6 is 22.9 Å². The zero-order valence-corrected chi connectivity index (χ0v) is 16.7. The molecule has 0 bridgehead atoms. The number of amides is 1. The normalized spacial score (nSPS) is 17.6. The largest absolute Gasteiger partial charge is 0.494 e. The highest BCUT2D eigenvalue weighted by atomic mass is 35.5. The van der Waals surface area contributed by atoms with Gasteiger partial charge in [0.1, 0.15) is 0 Å². The maximum absolute atomic E-state index is 12.5. The minimum absolute atomic E-state index is 0.200. The number of benzene rings is 1. The maximum atomic E-state index is 12.5. The summed E-state index contributed by atoms with van der Waals surface area (Å²) in [4.78, 5) is 15.4. The third-order valence-electron chi connectivity index (χ3n) is 5.31. The molecule has 5 nitrogen and oxygen atoms in total. The predicted molar refractivity (Wildman–Crippen MR) is 111 cm³/mol. The molecule has 1 aliphatic rings. The lowest BCUT2D eigenvalue weighted by molar-refractivity contribution is 0.103. The Kier molecular flexibility index (Phi) is 5.12. The number of aryl methyl sites for hydroxylation is 1. The van der Waals surface area contributed by atoms with Crippen LogP contribution in [-0.4, -0.2) is 40.1 Å². The summed E-state index contributed by atoms with van der Waals surface area (Å²) in [5, 5.41) is 15.3. The van der Waals surface area contributed by atoms with E-state index in [0.29, 0.717) is 26.3 Å². The highest BCUT2D eigenvalue weighted by molar-refractivity contribution is 7.18. The number of halogens is 1. The van der Waals surface area contributed by atoms with E-state index in [4.69, 9.17) is 11.6 Å². The predicted octanol–water partition coefficient (Wildman–Crippen LogP) is 4.80. The van der Waals surface area contributed by atoms with Crippen molar-refractivity contribution in [3.63, 3.8) is 0 Å². The van der Waals surface area contributed by atoms with Gasteiger partial charge < -0.3 is 19.9 Å². The van der Waals surface area contributed by atoms with Crippen LogP contribution in [0, 0.1) is 0 Å². The van der Waals surface area contributed by atoms with E-state index in [1.54, 1.807) is 12.1 Å². The maximum Gasteiger partial charge on any atom is 0.265 e. The van der Waals surface area contributed by atoms with Crippen LogP contribution in [0.1, 0.15) is 28.9 Å². The molecule has 0 saturated carbocycles. The van der Waals surface area contributed by atoms with Crippen molar-refractivity contribution in [1.29, 1.82) is 0 Å². The van der Waals surface area contributed by atoms with Crippen LogP contribution < -0.4 is 5.32 Å². The summed E-state index contributed by atoms with van der Waals surface area (Å²) < 4.78 is 2.46. The first kappa shape index (κ1) is 18.3. The van der Waals surface area contributed by atoms with E-state index in [9.17, 15) is 9.90 Å². The number of aromatic hydroxyl groups is 1. The molecule has 2 N–H and O–H groups in total. The summed E-state index contributed by atoms with van der Waals surface area (Å²) in [6.07, 6.45) is 5.41. The quantitative estimate of drug-likeness (QED) is 0.643. The molecule has 7 heteroatoms. The number of carbonyl (C=O) groups is 1. The van der Waals surface area contributed by atoms with Crippen LogP contribution in [-0.2, 0) is 6.54 Å². The van der Waals surface area contributed by atoms with E-state index in [2.05, 4.69) is 17.3 Å². The molecular formula is C20H22ClN3O2S. The van der Waals surface area contributed by atoms with Gasteiger partial charge in [-0.3, -0.25) is 4.79 Å². The highest BCUT2D eigenvalue weighted by Gasteiger charge is 2.21. The second-order valence-corrected chi connectivity index (χ2v) is 8.75. The van der Waals surface area contributed by atoms with Gasteiger partial charge in [0.25, 0.3) is 5.91 Å². The van der Waals surface area contributed by atoms with E-state index < -0.39 is 0 Å². The van der Waals surface area contributed by atoms with Crippen molar-refractivity contribution < 1.29 is 9.90 Å². The summed E-state index contributed by atoms with van der Waals surface area (Å²) in [6.45, 7) is 1.90. The molecule has 0 radical (unpaired) electrons. The molecule has 1 unspecified atom stereocenters. The smallest absolute Gasteiger partial charge is 0.265 e. The van der Waals surface area contributed by atoms with Gasteiger partial charge in [0.15, 0.2) is 0 Å². The van der Waals surface area contributed by atoms with E-state index in [-0.39, 0.29) is 11.8 Å². The number of nitrogens with zero attached hydrogens (tertiary/aromatic N) is 2. The van der Waals surface area contributed by atoms with Crippen LogP contribution in [0.5, 0.6) is 5.88 Å². The first-order chi connectivity index (χ1) is 13.0. The molecule has 1 aromatic carbocycles. The molecule has 1 amide bonds. The minimum atomic E-state index is -0.223. The zero-order valence-electron chi connectivity index (χ0n) is 15.1. The Balaban J connectivity index is 1.57. The first-order valence-corrected chi connectivity index (χ1v) is 10.3. The van der Waals surface area contributed by atoms with Gasteiger partial charge in [-0.1, -0.05) is 23.7 Å². The number of thiophene rings is 1. The zero-order chi connectivity index (χ0) is 19.0. The Labute approximate surface area is 167 Å². The second kappa shape index (κ2) is 7.54. The summed E-state index contributed by atoms with van der Waals surface area (Å²) in [5.41, 5.74) is 0.608. The molecule has 1 saturated heterocycles. The molecule has 4 rings (SSSR count). The van der Waals surface area contributed by atoms with Gasteiger partial charge in [-0.25, -0.2) is 0 Å². The monoisotopic (exact) mass is 403 g/mol.